The van der Waals surface area contributed by atoms with E-state index in [4.69, 9.17) is 11.6 Å². The maximum Gasteiger partial charge on any atom is 0.417 e. The van der Waals surface area contributed by atoms with Crippen molar-refractivity contribution in [3.63, 3.8) is 0 Å². The van der Waals surface area contributed by atoms with Gasteiger partial charge in [-0.3, -0.25) is 9.36 Å². The number of halogens is 4. The number of anilines is 1. The zero-order chi connectivity index (χ0) is 23.6. The molecular weight excluding hydrogens is 475 g/mol. The lowest BCUT2D eigenvalue weighted by atomic mass is 10.2. The Kier molecular flexibility index (Phi) is 6.85. The topological polar surface area (TPSA) is 54.3 Å². The highest BCUT2D eigenvalue weighted by Gasteiger charge is 2.32. The van der Waals surface area contributed by atoms with Crippen LogP contribution in [0.5, 0.6) is 0 Å². The summed E-state index contributed by atoms with van der Waals surface area (Å²) in [6.45, 7) is 3.76. The fourth-order valence-electron chi connectivity index (χ4n) is 3.62. The molecule has 1 aromatic carbocycles. The van der Waals surface area contributed by atoms with Crippen LogP contribution in [0.25, 0.3) is 5.69 Å². The molecule has 1 amide bonds. The Bertz CT molecular complexity index is 1150. The first-order valence-corrected chi connectivity index (χ1v) is 11.6. The van der Waals surface area contributed by atoms with E-state index in [2.05, 4.69) is 9.97 Å². The quantitative estimate of drug-likeness (QED) is 0.481. The third kappa shape index (κ3) is 5.27. The molecule has 6 nitrogen and oxygen atoms in total. The lowest BCUT2D eigenvalue weighted by molar-refractivity contribution is -0.137. The number of aromatic nitrogens is 3. The average Bonchev–Trinajstić information content (AvgIpc) is 3.25. The van der Waals surface area contributed by atoms with Gasteiger partial charge in [-0.05, 0) is 24.6 Å². The Morgan fingerprint density at radius 1 is 1.15 bits per heavy atom. The molecule has 0 saturated carbocycles. The SMILES string of the molecule is Cc1ccccc1-n1ccnc1SCC(=O)N1CCN(c2ncc(C(F)(F)F)cc2Cl)CC1. The molecular formula is C22H21ClF3N5OS. The van der Waals surface area contributed by atoms with E-state index in [1.165, 1.54) is 11.8 Å². The predicted octanol–water partition coefficient (Wildman–Crippen LogP) is 4.69. The standard InChI is InChI=1S/C22H21ClF3N5OS/c1-15-4-2-3-5-18(15)31-7-6-27-21(31)33-14-19(32)29-8-10-30(11-9-29)20-17(23)12-16(13-28-20)22(24,25)26/h2-7,12-13H,8-11,14H2,1H3. The number of thioether (sulfide) groups is 1. The molecule has 2 aromatic heterocycles. The van der Waals surface area contributed by atoms with Gasteiger partial charge in [0.1, 0.15) is 5.82 Å². The molecule has 1 fully saturated rings. The van der Waals surface area contributed by atoms with Gasteiger partial charge < -0.3 is 9.80 Å². The van der Waals surface area contributed by atoms with Crippen molar-refractivity contribution >= 4 is 35.1 Å². The highest BCUT2D eigenvalue weighted by molar-refractivity contribution is 7.99. The lowest BCUT2D eigenvalue weighted by Gasteiger charge is -2.35. The molecule has 1 aliphatic heterocycles. The van der Waals surface area contributed by atoms with E-state index in [0.717, 1.165) is 28.7 Å². The molecule has 3 heterocycles. The molecule has 0 atom stereocenters. The number of alkyl halides is 3. The summed E-state index contributed by atoms with van der Waals surface area (Å²) in [5.41, 5.74) is 1.24. The summed E-state index contributed by atoms with van der Waals surface area (Å²) in [5.74, 6) is 0.513. The monoisotopic (exact) mass is 495 g/mol. The highest BCUT2D eigenvalue weighted by atomic mass is 35.5. The fourth-order valence-corrected chi connectivity index (χ4v) is 4.77. The number of imidazole rings is 1. The number of piperazine rings is 1. The molecule has 0 spiro atoms. The van der Waals surface area contributed by atoms with Crippen molar-refractivity contribution in [2.45, 2.75) is 18.3 Å². The van der Waals surface area contributed by atoms with E-state index >= 15 is 0 Å². The molecule has 11 heteroatoms. The smallest absolute Gasteiger partial charge is 0.352 e. The van der Waals surface area contributed by atoms with Crippen LogP contribution in [0.2, 0.25) is 5.02 Å². The Morgan fingerprint density at radius 3 is 2.55 bits per heavy atom. The molecule has 3 aromatic rings. The minimum Gasteiger partial charge on any atom is -0.352 e. The summed E-state index contributed by atoms with van der Waals surface area (Å²) in [5, 5.41) is 0.681. The number of para-hydroxylation sites is 1. The van der Waals surface area contributed by atoms with Crippen LogP contribution in [-0.2, 0) is 11.0 Å². The van der Waals surface area contributed by atoms with Crippen molar-refractivity contribution < 1.29 is 18.0 Å². The van der Waals surface area contributed by atoms with Gasteiger partial charge in [-0.15, -0.1) is 0 Å². The predicted molar refractivity (Wildman–Crippen MR) is 122 cm³/mol. The van der Waals surface area contributed by atoms with Gasteiger partial charge in [-0.1, -0.05) is 41.6 Å². The van der Waals surface area contributed by atoms with Crippen LogP contribution in [-0.4, -0.2) is 57.3 Å². The van der Waals surface area contributed by atoms with Crippen LogP contribution >= 0.6 is 23.4 Å². The van der Waals surface area contributed by atoms with Crippen LogP contribution < -0.4 is 4.90 Å². The number of hydrogen-bond donors (Lipinski definition) is 0. The summed E-state index contributed by atoms with van der Waals surface area (Å²) in [6, 6.07) is 8.83. The number of benzene rings is 1. The molecule has 0 aliphatic carbocycles. The van der Waals surface area contributed by atoms with Crippen LogP contribution in [0.4, 0.5) is 19.0 Å². The van der Waals surface area contributed by atoms with E-state index in [1.54, 1.807) is 16.0 Å². The molecule has 0 unspecified atom stereocenters. The van der Waals surface area contributed by atoms with Crippen molar-refractivity contribution in [1.29, 1.82) is 0 Å². The fraction of sp³-hybridized carbons (Fsp3) is 0.318. The van der Waals surface area contributed by atoms with E-state index < -0.39 is 11.7 Å². The molecule has 33 heavy (non-hydrogen) atoms. The van der Waals surface area contributed by atoms with Gasteiger partial charge in [-0.25, -0.2) is 9.97 Å². The Labute approximate surface area is 198 Å². The lowest BCUT2D eigenvalue weighted by Crippen LogP contribution is -2.49. The number of hydrogen-bond acceptors (Lipinski definition) is 5. The normalized spacial score (nSPS) is 14.6. The molecule has 1 aliphatic rings. The van der Waals surface area contributed by atoms with Crippen molar-refractivity contribution in [3.05, 3.63) is 65.1 Å². The first-order chi connectivity index (χ1) is 15.7. The number of carbonyl (C=O) groups excluding carboxylic acids is 1. The molecule has 1 saturated heterocycles. The van der Waals surface area contributed by atoms with Gasteiger partial charge in [0.25, 0.3) is 0 Å². The zero-order valence-electron chi connectivity index (χ0n) is 17.7. The number of pyridine rings is 1. The molecule has 0 radical (unpaired) electrons. The molecule has 174 valence electrons. The number of amides is 1. The van der Waals surface area contributed by atoms with Gasteiger partial charge in [0.2, 0.25) is 5.91 Å². The van der Waals surface area contributed by atoms with E-state index in [0.29, 0.717) is 32.0 Å². The Hall–Kier alpha value is -2.72. The summed E-state index contributed by atoms with van der Waals surface area (Å²) in [7, 11) is 0. The van der Waals surface area contributed by atoms with Gasteiger partial charge in [0, 0.05) is 44.8 Å². The molecule has 0 bridgehead atoms. The second kappa shape index (κ2) is 9.64. The average molecular weight is 496 g/mol. The zero-order valence-corrected chi connectivity index (χ0v) is 19.3. The van der Waals surface area contributed by atoms with Crippen LogP contribution in [0.15, 0.2) is 54.1 Å². The van der Waals surface area contributed by atoms with Crippen molar-refractivity contribution in [1.82, 2.24) is 19.4 Å². The van der Waals surface area contributed by atoms with Gasteiger partial charge in [0.15, 0.2) is 5.16 Å². The van der Waals surface area contributed by atoms with E-state index in [1.807, 2.05) is 42.0 Å². The molecule has 4 rings (SSSR count). The second-order valence-corrected chi connectivity index (χ2v) is 8.90. The number of nitrogens with zero attached hydrogens (tertiary/aromatic N) is 5. The summed E-state index contributed by atoms with van der Waals surface area (Å²) >= 11 is 7.42. The van der Waals surface area contributed by atoms with Gasteiger partial charge in [0.05, 0.1) is 22.0 Å². The third-order valence-electron chi connectivity index (χ3n) is 5.39. The first-order valence-electron chi connectivity index (χ1n) is 10.2. The van der Waals surface area contributed by atoms with Crippen LogP contribution in [0, 0.1) is 6.92 Å². The van der Waals surface area contributed by atoms with Crippen LogP contribution in [0.3, 0.4) is 0 Å². The van der Waals surface area contributed by atoms with E-state index in [9.17, 15) is 18.0 Å². The number of rotatable bonds is 5. The maximum atomic E-state index is 12.8. The second-order valence-electron chi connectivity index (χ2n) is 7.55. The van der Waals surface area contributed by atoms with E-state index in [-0.39, 0.29) is 16.7 Å². The van der Waals surface area contributed by atoms with Crippen molar-refractivity contribution in [3.8, 4) is 5.69 Å². The molecule has 0 N–H and O–H groups in total. The van der Waals surface area contributed by atoms with Crippen molar-refractivity contribution in [2.24, 2.45) is 0 Å². The maximum absolute atomic E-state index is 12.8. The van der Waals surface area contributed by atoms with Crippen LogP contribution in [0.1, 0.15) is 11.1 Å². The van der Waals surface area contributed by atoms with Crippen molar-refractivity contribution in [2.75, 3.05) is 36.8 Å². The summed E-state index contributed by atoms with van der Waals surface area (Å²) < 4.78 is 40.5. The first kappa shape index (κ1) is 23.4. The highest BCUT2D eigenvalue weighted by Crippen LogP contribution is 2.33. The number of aryl methyl sites for hydroxylation is 1. The third-order valence-corrected chi connectivity index (χ3v) is 6.62. The Balaban J connectivity index is 1.34. The minimum absolute atomic E-state index is 0.0227. The Morgan fingerprint density at radius 2 is 1.88 bits per heavy atom. The minimum atomic E-state index is -4.49. The number of carbonyl (C=O) groups is 1. The van der Waals surface area contributed by atoms with Gasteiger partial charge >= 0.3 is 6.18 Å². The largest absolute Gasteiger partial charge is 0.417 e. The summed E-state index contributed by atoms with van der Waals surface area (Å²) in [4.78, 5) is 24.6. The summed E-state index contributed by atoms with van der Waals surface area (Å²) in [6.07, 6.45) is -0.134. The van der Waals surface area contributed by atoms with Gasteiger partial charge in [-0.2, -0.15) is 13.2 Å².